The number of oxazole rings is 2. The normalized spacial score (nSPS) is 16.9. The molecule has 28 heavy (non-hydrogen) atoms. The van der Waals surface area contributed by atoms with Crippen LogP contribution in [0.2, 0.25) is 0 Å². The van der Waals surface area contributed by atoms with Crippen molar-refractivity contribution in [1.29, 1.82) is 0 Å². The van der Waals surface area contributed by atoms with Crippen LogP contribution < -0.4 is 4.74 Å². The van der Waals surface area contributed by atoms with Crippen LogP contribution in [0.4, 0.5) is 0 Å². The molecule has 3 heterocycles. The quantitative estimate of drug-likeness (QED) is 0.666. The number of nitrogens with zero attached hydrogens (tertiary/aromatic N) is 3. The van der Waals surface area contributed by atoms with Gasteiger partial charge in [-0.15, -0.1) is 0 Å². The molecule has 7 nitrogen and oxygen atoms in total. The summed E-state index contributed by atoms with van der Waals surface area (Å²) in [5.41, 5.74) is 1.68. The lowest BCUT2D eigenvalue weighted by atomic mass is 10.0. The number of carbonyl (C=O) groups excluding carboxylic acids is 1. The molecule has 1 fully saturated rings. The van der Waals surface area contributed by atoms with Crippen molar-refractivity contribution in [3.63, 3.8) is 0 Å². The van der Waals surface area contributed by atoms with Crippen LogP contribution in [0.15, 0.2) is 45.7 Å². The Morgan fingerprint density at radius 3 is 3.00 bits per heavy atom. The standard InChI is InChI=1S/C21H23N3O4/c1-14-19(27-13-23-14)21(25)24-9-4-3-8-18(24)20-22-12-17(28-20)11-15-6-5-7-16(10-15)26-2/h5-7,10,12-13,18H,3-4,8-9,11H2,1-2H3/t18-/m1/s1. The Morgan fingerprint density at radius 2 is 2.21 bits per heavy atom. The number of hydrogen-bond acceptors (Lipinski definition) is 6. The zero-order valence-corrected chi connectivity index (χ0v) is 16.1. The van der Waals surface area contributed by atoms with E-state index in [1.165, 1.54) is 6.39 Å². The minimum atomic E-state index is -0.190. The predicted molar refractivity (Wildman–Crippen MR) is 101 cm³/mol. The van der Waals surface area contributed by atoms with Gasteiger partial charge in [0.1, 0.15) is 17.6 Å². The number of piperidine rings is 1. The molecule has 2 aromatic heterocycles. The number of ether oxygens (including phenoxy) is 1. The number of hydrogen-bond donors (Lipinski definition) is 0. The largest absolute Gasteiger partial charge is 0.497 e. The average Bonchev–Trinajstić information content (AvgIpc) is 3.36. The van der Waals surface area contributed by atoms with E-state index in [1.807, 2.05) is 24.3 Å². The zero-order chi connectivity index (χ0) is 19.5. The number of aryl methyl sites for hydroxylation is 1. The Kier molecular flexibility index (Phi) is 5.14. The number of aromatic nitrogens is 2. The number of rotatable bonds is 5. The molecule has 0 spiro atoms. The molecule has 0 saturated carbocycles. The molecule has 1 saturated heterocycles. The van der Waals surface area contributed by atoms with E-state index in [0.29, 0.717) is 24.6 Å². The fraction of sp³-hybridized carbons (Fsp3) is 0.381. The molecule has 0 unspecified atom stereocenters. The van der Waals surface area contributed by atoms with Crippen LogP contribution in [0.5, 0.6) is 5.75 Å². The van der Waals surface area contributed by atoms with Gasteiger partial charge in [-0.1, -0.05) is 12.1 Å². The van der Waals surface area contributed by atoms with Crippen LogP contribution in [0.3, 0.4) is 0 Å². The second kappa shape index (κ2) is 7.88. The molecule has 1 atom stereocenters. The molecular formula is C21H23N3O4. The second-order valence-electron chi connectivity index (χ2n) is 6.97. The first-order valence-corrected chi connectivity index (χ1v) is 9.44. The summed E-state index contributed by atoms with van der Waals surface area (Å²) in [6, 6.07) is 7.67. The fourth-order valence-corrected chi connectivity index (χ4v) is 3.61. The minimum Gasteiger partial charge on any atom is -0.497 e. The van der Waals surface area contributed by atoms with Crippen molar-refractivity contribution < 1.29 is 18.4 Å². The van der Waals surface area contributed by atoms with Gasteiger partial charge in [0.15, 0.2) is 6.39 Å². The van der Waals surface area contributed by atoms with Gasteiger partial charge in [0.25, 0.3) is 5.91 Å². The average molecular weight is 381 g/mol. The van der Waals surface area contributed by atoms with E-state index in [9.17, 15) is 4.79 Å². The van der Waals surface area contributed by atoms with Crippen LogP contribution in [0, 0.1) is 6.92 Å². The summed E-state index contributed by atoms with van der Waals surface area (Å²) in [4.78, 5) is 23.2. The summed E-state index contributed by atoms with van der Waals surface area (Å²) in [6.45, 7) is 2.42. The van der Waals surface area contributed by atoms with E-state index in [1.54, 1.807) is 25.1 Å². The molecule has 1 aliphatic rings. The Labute approximate surface area is 163 Å². The topological polar surface area (TPSA) is 81.6 Å². The van der Waals surface area contributed by atoms with Crippen molar-refractivity contribution in [3.8, 4) is 5.75 Å². The molecule has 1 aliphatic heterocycles. The monoisotopic (exact) mass is 381 g/mol. The number of methoxy groups -OCH3 is 1. The first-order chi connectivity index (χ1) is 13.7. The summed E-state index contributed by atoms with van der Waals surface area (Å²) in [7, 11) is 1.65. The Balaban J connectivity index is 1.54. The molecule has 1 amide bonds. The first kappa shape index (κ1) is 18.3. The van der Waals surface area contributed by atoms with E-state index >= 15 is 0 Å². The Morgan fingerprint density at radius 1 is 1.32 bits per heavy atom. The first-order valence-electron chi connectivity index (χ1n) is 9.44. The van der Waals surface area contributed by atoms with Crippen molar-refractivity contribution in [2.75, 3.05) is 13.7 Å². The zero-order valence-electron chi connectivity index (χ0n) is 16.1. The number of likely N-dealkylation sites (tertiary alicyclic amines) is 1. The molecule has 146 valence electrons. The van der Waals surface area contributed by atoms with E-state index in [-0.39, 0.29) is 17.7 Å². The van der Waals surface area contributed by atoms with Crippen molar-refractivity contribution in [2.45, 2.75) is 38.6 Å². The molecule has 0 N–H and O–H groups in total. The van der Waals surface area contributed by atoms with Gasteiger partial charge in [0.05, 0.1) is 19.0 Å². The lowest BCUT2D eigenvalue weighted by molar-refractivity contribution is 0.0537. The molecule has 4 rings (SSSR count). The highest BCUT2D eigenvalue weighted by molar-refractivity contribution is 5.92. The third-order valence-electron chi connectivity index (χ3n) is 5.07. The fourth-order valence-electron chi connectivity index (χ4n) is 3.61. The smallest absolute Gasteiger partial charge is 0.292 e. The highest BCUT2D eigenvalue weighted by Gasteiger charge is 2.34. The maximum Gasteiger partial charge on any atom is 0.292 e. The lowest BCUT2D eigenvalue weighted by Gasteiger charge is -2.33. The van der Waals surface area contributed by atoms with E-state index in [2.05, 4.69) is 9.97 Å². The van der Waals surface area contributed by atoms with Crippen molar-refractivity contribution in [2.24, 2.45) is 0 Å². The van der Waals surface area contributed by atoms with Gasteiger partial charge >= 0.3 is 0 Å². The highest BCUT2D eigenvalue weighted by atomic mass is 16.5. The summed E-state index contributed by atoms with van der Waals surface area (Å²) < 4.78 is 16.6. The maximum atomic E-state index is 12.9. The van der Waals surface area contributed by atoms with Crippen LogP contribution in [0.25, 0.3) is 0 Å². The molecule has 0 bridgehead atoms. The molecular weight excluding hydrogens is 358 g/mol. The van der Waals surface area contributed by atoms with Gasteiger partial charge in [-0.05, 0) is 43.9 Å². The van der Waals surface area contributed by atoms with Crippen molar-refractivity contribution >= 4 is 5.91 Å². The van der Waals surface area contributed by atoms with Crippen LogP contribution >= 0.6 is 0 Å². The van der Waals surface area contributed by atoms with Crippen LogP contribution in [0.1, 0.15) is 58.8 Å². The number of carbonyl (C=O) groups is 1. The van der Waals surface area contributed by atoms with Gasteiger partial charge in [-0.25, -0.2) is 9.97 Å². The Hall–Kier alpha value is -3.09. The van der Waals surface area contributed by atoms with Gasteiger partial charge in [0.2, 0.25) is 11.7 Å². The number of amides is 1. The number of benzene rings is 1. The SMILES string of the molecule is COc1cccc(Cc2cnc([C@H]3CCCCN3C(=O)c3ocnc3C)o2)c1. The summed E-state index contributed by atoms with van der Waals surface area (Å²) in [5.74, 6) is 2.27. The van der Waals surface area contributed by atoms with E-state index < -0.39 is 0 Å². The molecule has 1 aromatic carbocycles. The third-order valence-corrected chi connectivity index (χ3v) is 5.07. The third kappa shape index (κ3) is 3.65. The van der Waals surface area contributed by atoms with E-state index in [0.717, 1.165) is 36.3 Å². The van der Waals surface area contributed by atoms with Gasteiger partial charge in [-0.2, -0.15) is 0 Å². The van der Waals surface area contributed by atoms with Gasteiger partial charge < -0.3 is 18.5 Å². The van der Waals surface area contributed by atoms with Gasteiger partial charge in [0, 0.05) is 13.0 Å². The van der Waals surface area contributed by atoms with Crippen LogP contribution in [-0.4, -0.2) is 34.4 Å². The molecule has 0 radical (unpaired) electrons. The lowest BCUT2D eigenvalue weighted by Crippen LogP contribution is -2.38. The summed E-state index contributed by atoms with van der Waals surface area (Å²) in [5, 5.41) is 0. The predicted octanol–water partition coefficient (Wildman–Crippen LogP) is 3.94. The maximum absolute atomic E-state index is 12.9. The molecule has 7 heteroatoms. The summed E-state index contributed by atoms with van der Waals surface area (Å²) >= 11 is 0. The van der Waals surface area contributed by atoms with Crippen molar-refractivity contribution in [3.05, 3.63) is 65.5 Å². The minimum absolute atomic E-state index is 0.160. The summed E-state index contributed by atoms with van der Waals surface area (Å²) in [6.07, 6.45) is 6.46. The molecule has 3 aromatic rings. The highest BCUT2D eigenvalue weighted by Crippen LogP contribution is 2.32. The molecule has 0 aliphatic carbocycles. The van der Waals surface area contributed by atoms with Gasteiger partial charge in [-0.3, -0.25) is 4.79 Å². The van der Waals surface area contributed by atoms with Crippen LogP contribution in [-0.2, 0) is 6.42 Å². The van der Waals surface area contributed by atoms with E-state index in [4.69, 9.17) is 13.6 Å². The van der Waals surface area contributed by atoms with Crippen molar-refractivity contribution in [1.82, 2.24) is 14.9 Å². The Bertz CT molecular complexity index is 962. The second-order valence-corrected chi connectivity index (χ2v) is 6.97.